The van der Waals surface area contributed by atoms with E-state index in [0.29, 0.717) is 5.69 Å². The molecule has 0 saturated carbocycles. The number of rotatable bonds is 4. The van der Waals surface area contributed by atoms with Gasteiger partial charge >= 0.3 is 0 Å². The molecule has 0 amide bonds. The Labute approximate surface area is 125 Å². The van der Waals surface area contributed by atoms with Crippen LogP contribution in [-0.2, 0) is 10.0 Å². The maximum absolute atomic E-state index is 13.0. The van der Waals surface area contributed by atoms with Crippen LogP contribution in [0.4, 0.5) is 10.1 Å². The minimum atomic E-state index is -3.79. The standard InChI is InChI=1S/C12H13BrFN3O2S/c1-8(2)17-7-10(6-15-17)16-20(18,19)12-4-3-9(14)5-11(12)13/h3-8,16H,1-2H3. The summed E-state index contributed by atoms with van der Waals surface area (Å²) in [5, 5.41) is 4.05. The van der Waals surface area contributed by atoms with E-state index in [0.717, 1.165) is 12.1 Å². The summed E-state index contributed by atoms with van der Waals surface area (Å²) >= 11 is 3.04. The fourth-order valence-electron chi connectivity index (χ4n) is 1.58. The molecule has 0 spiro atoms. The number of hydrogen-bond donors (Lipinski definition) is 1. The Morgan fingerprint density at radius 1 is 1.40 bits per heavy atom. The first-order chi connectivity index (χ1) is 9.29. The molecule has 1 heterocycles. The van der Waals surface area contributed by atoms with E-state index in [4.69, 9.17) is 0 Å². The normalized spacial score (nSPS) is 11.8. The van der Waals surface area contributed by atoms with Crippen LogP contribution in [0.1, 0.15) is 19.9 Å². The quantitative estimate of drug-likeness (QED) is 0.909. The molecule has 0 fully saturated rings. The fourth-order valence-corrected chi connectivity index (χ4v) is 3.66. The number of aromatic nitrogens is 2. The van der Waals surface area contributed by atoms with Gasteiger partial charge in [-0.05, 0) is 48.0 Å². The second-order valence-electron chi connectivity index (χ2n) is 4.48. The second kappa shape index (κ2) is 5.53. The predicted octanol–water partition coefficient (Wildman–Crippen LogP) is 3.17. The van der Waals surface area contributed by atoms with Crippen molar-refractivity contribution in [3.05, 3.63) is 40.9 Å². The zero-order chi connectivity index (χ0) is 14.9. The third-order valence-corrected chi connectivity index (χ3v) is 4.92. The summed E-state index contributed by atoms with van der Waals surface area (Å²) in [7, 11) is -3.79. The Morgan fingerprint density at radius 3 is 2.65 bits per heavy atom. The zero-order valence-electron chi connectivity index (χ0n) is 10.8. The van der Waals surface area contributed by atoms with Gasteiger partial charge < -0.3 is 0 Å². The molecule has 0 atom stereocenters. The molecule has 5 nitrogen and oxygen atoms in total. The smallest absolute Gasteiger partial charge is 0.263 e. The number of benzene rings is 1. The highest BCUT2D eigenvalue weighted by molar-refractivity contribution is 9.10. The van der Waals surface area contributed by atoms with E-state index in [2.05, 4.69) is 25.8 Å². The molecule has 0 bridgehead atoms. The van der Waals surface area contributed by atoms with Crippen molar-refractivity contribution in [2.75, 3.05) is 4.72 Å². The third kappa shape index (κ3) is 3.18. The molecule has 0 saturated heterocycles. The molecule has 1 N–H and O–H groups in total. The molecular weight excluding hydrogens is 349 g/mol. The number of nitrogens with zero attached hydrogens (tertiary/aromatic N) is 2. The maximum atomic E-state index is 13.0. The van der Waals surface area contributed by atoms with Crippen LogP contribution in [0.25, 0.3) is 0 Å². The van der Waals surface area contributed by atoms with Gasteiger partial charge in [-0.2, -0.15) is 5.10 Å². The lowest BCUT2D eigenvalue weighted by atomic mass is 10.3. The van der Waals surface area contributed by atoms with E-state index in [1.54, 1.807) is 10.9 Å². The topological polar surface area (TPSA) is 64.0 Å². The average molecular weight is 362 g/mol. The van der Waals surface area contributed by atoms with Gasteiger partial charge in [-0.25, -0.2) is 12.8 Å². The molecule has 0 aliphatic rings. The summed E-state index contributed by atoms with van der Waals surface area (Å²) < 4.78 is 41.6. The van der Waals surface area contributed by atoms with Crippen LogP contribution < -0.4 is 4.72 Å². The van der Waals surface area contributed by atoms with Gasteiger partial charge in [0.2, 0.25) is 0 Å². The van der Waals surface area contributed by atoms with E-state index >= 15 is 0 Å². The highest BCUT2D eigenvalue weighted by Gasteiger charge is 2.19. The SMILES string of the molecule is CC(C)n1cc(NS(=O)(=O)c2ccc(F)cc2Br)cn1. The van der Waals surface area contributed by atoms with Crippen LogP contribution in [0.2, 0.25) is 0 Å². The van der Waals surface area contributed by atoms with Crippen LogP contribution in [0.3, 0.4) is 0 Å². The van der Waals surface area contributed by atoms with Gasteiger partial charge in [0, 0.05) is 16.7 Å². The molecule has 1 aromatic heterocycles. The number of sulfonamides is 1. The van der Waals surface area contributed by atoms with E-state index < -0.39 is 15.8 Å². The first kappa shape index (κ1) is 15.0. The first-order valence-corrected chi connectivity index (χ1v) is 8.09. The number of halogens is 2. The van der Waals surface area contributed by atoms with Gasteiger partial charge in [0.15, 0.2) is 0 Å². The molecule has 0 unspecified atom stereocenters. The highest BCUT2D eigenvalue weighted by atomic mass is 79.9. The summed E-state index contributed by atoms with van der Waals surface area (Å²) in [4.78, 5) is -0.0313. The highest BCUT2D eigenvalue weighted by Crippen LogP contribution is 2.25. The molecule has 0 radical (unpaired) electrons. The van der Waals surface area contributed by atoms with Gasteiger partial charge in [-0.3, -0.25) is 9.40 Å². The second-order valence-corrected chi connectivity index (χ2v) is 6.99. The summed E-state index contributed by atoms with van der Waals surface area (Å²) in [6.45, 7) is 3.86. The van der Waals surface area contributed by atoms with Crippen LogP contribution >= 0.6 is 15.9 Å². The minimum absolute atomic E-state index is 0.0313. The van der Waals surface area contributed by atoms with Gasteiger partial charge in [0.1, 0.15) is 10.7 Å². The Hall–Kier alpha value is -1.41. The van der Waals surface area contributed by atoms with Crippen molar-refractivity contribution in [2.24, 2.45) is 0 Å². The molecule has 20 heavy (non-hydrogen) atoms. The lowest BCUT2D eigenvalue weighted by Crippen LogP contribution is -2.13. The first-order valence-electron chi connectivity index (χ1n) is 5.81. The van der Waals surface area contributed by atoms with Crippen molar-refractivity contribution in [3.8, 4) is 0 Å². The zero-order valence-corrected chi connectivity index (χ0v) is 13.2. The number of hydrogen-bond acceptors (Lipinski definition) is 3. The van der Waals surface area contributed by atoms with Crippen molar-refractivity contribution >= 4 is 31.6 Å². The van der Waals surface area contributed by atoms with Crippen molar-refractivity contribution < 1.29 is 12.8 Å². The monoisotopic (exact) mass is 361 g/mol. The summed E-state index contributed by atoms with van der Waals surface area (Å²) in [5.41, 5.74) is 0.356. The van der Waals surface area contributed by atoms with Crippen LogP contribution in [0, 0.1) is 5.82 Å². The summed E-state index contributed by atoms with van der Waals surface area (Å²) in [5.74, 6) is -0.511. The van der Waals surface area contributed by atoms with E-state index in [1.807, 2.05) is 13.8 Å². The van der Waals surface area contributed by atoms with Crippen molar-refractivity contribution in [2.45, 2.75) is 24.8 Å². The van der Waals surface area contributed by atoms with E-state index in [1.165, 1.54) is 12.3 Å². The Morgan fingerprint density at radius 2 is 2.10 bits per heavy atom. The number of anilines is 1. The minimum Gasteiger partial charge on any atom is -0.276 e. The van der Waals surface area contributed by atoms with Crippen molar-refractivity contribution in [3.63, 3.8) is 0 Å². The third-order valence-electron chi connectivity index (χ3n) is 2.57. The van der Waals surface area contributed by atoms with Gasteiger partial charge in [-0.15, -0.1) is 0 Å². The van der Waals surface area contributed by atoms with Crippen LogP contribution in [0.5, 0.6) is 0 Å². The lowest BCUT2D eigenvalue weighted by molar-refractivity contribution is 0.532. The number of nitrogens with one attached hydrogen (secondary N) is 1. The van der Waals surface area contributed by atoms with E-state index in [9.17, 15) is 12.8 Å². The molecule has 0 aliphatic heterocycles. The molecule has 0 aliphatic carbocycles. The van der Waals surface area contributed by atoms with Crippen molar-refractivity contribution in [1.82, 2.24) is 9.78 Å². The largest absolute Gasteiger partial charge is 0.276 e. The Balaban J connectivity index is 2.30. The lowest BCUT2D eigenvalue weighted by Gasteiger charge is -2.08. The molecule has 2 rings (SSSR count). The van der Waals surface area contributed by atoms with Crippen LogP contribution in [0.15, 0.2) is 40.0 Å². The summed E-state index contributed by atoms with van der Waals surface area (Å²) in [6, 6.07) is 3.53. The fraction of sp³-hybridized carbons (Fsp3) is 0.250. The summed E-state index contributed by atoms with van der Waals surface area (Å²) in [6.07, 6.45) is 3.02. The predicted molar refractivity (Wildman–Crippen MR) is 77.5 cm³/mol. The Kier molecular flexibility index (Phi) is 4.14. The van der Waals surface area contributed by atoms with Gasteiger partial charge in [0.05, 0.1) is 11.9 Å². The van der Waals surface area contributed by atoms with E-state index in [-0.39, 0.29) is 15.4 Å². The average Bonchev–Trinajstić information content (AvgIpc) is 2.76. The Bertz CT molecular complexity index is 728. The van der Waals surface area contributed by atoms with Crippen LogP contribution in [-0.4, -0.2) is 18.2 Å². The molecular formula is C12H13BrFN3O2S. The molecule has 8 heteroatoms. The molecule has 1 aromatic carbocycles. The maximum Gasteiger partial charge on any atom is 0.263 e. The van der Waals surface area contributed by atoms with Gasteiger partial charge in [-0.1, -0.05) is 0 Å². The van der Waals surface area contributed by atoms with Gasteiger partial charge in [0.25, 0.3) is 10.0 Å². The van der Waals surface area contributed by atoms with Crippen molar-refractivity contribution in [1.29, 1.82) is 0 Å². The molecule has 108 valence electrons. The molecule has 2 aromatic rings.